The lowest BCUT2D eigenvalue weighted by Gasteiger charge is -2.27. The van der Waals surface area contributed by atoms with Crippen LogP contribution in [0.5, 0.6) is 0 Å². The average Bonchev–Trinajstić information content (AvgIpc) is 2.76. The van der Waals surface area contributed by atoms with E-state index in [1.165, 1.54) is 19.1 Å². The number of hydrogen-bond donors (Lipinski definition) is 1. The number of sulfonamides is 1. The molecule has 1 N–H and O–H groups in total. The minimum Gasteiger partial charge on any atom is -0.324 e. The summed E-state index contributed by atoms with van der Waals surface area (Å²) >= 11 is 6.12. The molecule has 0 saturated carbocycles. The van der Waals surface area contributed by atoms with Crippen molar-refractivity contribution in [2.75, 3.05) is 11.9 Å². The molecule has 0 spiro atoms. The summed E-state index contributed by atoms with van der Waals surface area (Å²) in [5, 5.41) is 7.32. The van der Waals surface area contributed by atoms with Crippen molar-refractivity contribution >= 4 is 44.7 Å². The first-order valence-electron chi connectivity index (χ1n) is 9.63. The topological polar surface area (TPSA) is 95.9 Å². The Bertz CT molecular complexity index is 1340. The Morgan fingerprint density at radius 1 is 1.00 bits per heavy atom. The molecule has 4 rings (SSSR count). The molecule has 3 aromatic carbocycles. The number of carbonyl (C=O) groups is 2. The van der Waals surface area contributed by atoms with Gasteiger partial charge >= 0.3 is 0 Å². The van der Waals surface area contributed by atoms with Gasteiger partial charge in [-0.1, -0.05) is 41.9 Å². The van der Waals surface area contributed by atoms with Gasteiger partial charge in [-0.3, -0.25) is 9.59 Å². The number of ketones is 1. The number of hydrazone groups is 1. The Hall–Kier alpha value is -3.49. The number of rotatable bonds is 5. The van der Waals surface area contributed by atoms with Gasteiger partial charge < -0.3 is 5.32 Å². The first-order valence-corrected chi connectivity index (χ1v) is 11.4. The highest BCUT2D eigenvalue weighted by Gasteiger charge is 2.34. The van der Waals surface area contributed by atoms with Crippen LogP contribution in [0.15, 0.2) is 82.8 Å². The number of nitrogens with one attached hydrogen (secondary N) is 1. The number of halogens is 1. The maximum Gasteiger partial charge on any atom is 0.280 e. The number of Topliss-reactive ketones (excluding diaryl/α,β-unsaturated/α-hetero) is 1. The molecule has 0 saturated heterocycles. The summed E-state index contributed by atoms with van der Waals surface area (Å²) < 4.78 is 27.1. The number of hydrogen-bond acceptors (Lipinski definition) is 5. The van der Waals surface area contributed by atoms with Gasteiger partial charge in [-0.15, -0.1) is 0 Å². The lowest BCUT2D eigenvalue weighted by atomic mass is 10.0. The van der Waals surface area contributed by atoms with E-state index in [1.54, 1.807) is 42.5 Å². The van der Waals surface area contributed by atoms with Crippen molar-refractivity contribution in [1.29, 1.82) is 0 Å². The van der Waals surface area contributed by atoms with E-state index < -0.39 is 22.5 Å². The average molecular weight is 468 g/mol. The summed E-state index contributed by atoms with van der Waals surface area (Å²) in [6, 6.07) is 19.8. The lowest BCUT2D eigenvalue weighted by molar-refractivity contribution is -0.116. The molecule has 1 heterocycles. The maximum absolute atomic E-state index is 13.2. The van der Waals surface area contributed by atoms with Crippen LogP contribution in [0.25, 0.3) is 0 Å². The molecule has 32 heavy (non-hydrogen) atoms. The van der Waals surface area contributed by atoms with Gasteiger partial charge in [0, 0.05) is 27.4 Å². The fraction of sp³-hybridized carbons (Fsp3) is 0.0870. The Kier molecular flexibility index (Phi) is 5.82. The zero-order valence-electron chi connectivity index (χ0n) is 16.9. The molecular weight excluding hydrogens is 450 g/mol. The van der Waals surface area contributed by atoms with Crippen molar-refractivity contribution in [2.24, 2.45) is 5.10 Å². The molecule has 0 aliphatic carbocycles. The van der Waals surface area contributed by atoms with Crippen molar-refractivity contribution < 1.29 is 18.0 Å². The monoisotopic (exact) mass is 467 g/mol. The third-order valence-corrected chi connectivity index (χ3v) is 6.78. The Morgan fingerprint density at radius 3 is 2.34 bits per heavy atom. The minimum absolute atomic E-state index is 0.0226. The summed E-state index contributed by atoms with van der Waals surface area (Å²) in [6.07, 6.45) is 0. The maximum atomic E-state index is 13.2. The fourth-order valence-corrected chi connectivity index (χ4v) is 4.84. The van der Waals surface area contributed by atoms with Crippen molar-refractivity contribution in [3.8, 4) is 0 Å². The number of nitrogens with zero attached hydrogens (tertiary/aromatic N) is 2. The number of benzene rings is 3. The molecule has 0 aromatic heterocycles. The predicted molar refractivity (Wildman–Crippen MR) is 123 cm³/mol. The molecule has 1 aliphatic heterocycles. The van der Waals surface area contributed by atoms with Gasteiger partial charge in [0.1, 0.15) is 12.3 Å². The number of carbonyl (C=O) groups excluding carboxylic acids is 2. The smallest absolute Gasteiger partial charge is 0.280 e. The molecule has 0 bridgehead atoms. The van der Waals surface area contributed by atoms with Gasteiger partial charge in [-0.2, -0.15) is 17.9 Å². The van der Waals surface area contributed by atoms with E-state index in [-0.39, 0.29) is 10.7 Å². The van der Waals surface area contributed by atoms with Gasteiger partial charge in [0.05, 0.1) is 4.90 Å². The van der Waals surface area contributed by atoms with E-state index in [4.69, 9.17) is 11.6 Å². The highest BCUT2D eigenvalue weighted by Crippen LogP contribution is 2.31. The van der Waals surface area contributed by atoms with Crippen molar-refractivity contribution in [2.45, 2.75) is 11.8 Å². The summed E-state index contributed by atoms with van der Waals surface area (Å²) in [6.45, 7) is 0.928. The standard InChI is InChI=1S/C23H18ClN3O4S/c1-15(28)16-7-10-19(11-8-16)25-22(29)14-27-26-23(17-5-3-2-4-6-17)20-13-18(24)9-12-21(20)32(27,30)31/h2-13H,14H2,1H3,(H,25,29). The van der Waals surface area contributed by atoms with Crippen molar-refractivity contribution in [1.82, 2.24) is 4.41 Å². The third-order valence-electron chi connectivity index (χ3n) is 4.86. The SMILES string of the molecule is CC(=O)c1ccc(NC(=O)CN2N=C(c3ccccc3)c3cc(Cl)ccc3S2(=O)=O)cc1. The molecule has 1 aliphatic rings. The van der Waals surface area contributed by atoms with E-state index in [0.717, 1.165) is 4.41 Å². The van der Waals surface area contributed by atoms with Crippen LogP contribution in [-0.2, 0) is 14.8 Å². The Labute approximate surface area is 190 Å². The summed E-state index contributed by atoms with van der Waals surface area (Å²) in [7, 11) is -4.06. The van der Waals surface area contributed by atoms with Gasteiger partial charge in [0.2, 0.25) is 5.91 Å². The number of amides is 1. The van der Waals surface area contributed by atoms with Crippen molar-refractivity contribution in [3.05, 3.63) is 94.5 Å². The Balaban J connectivity index is 1.66. The van der Waals surface area contributed by atoms with Crippen molar-refractivity contribution in [3.63, 3.8) is 0 Å². The quantitative estimate of drug-likeness (QED) is 0.575. The van der Waals surface area contributed by atoms with Gasteiger partial charge in [-0.25, -0.2) is 0 Å². The molecule has 0 fully saturated rings. The molecule has 0 atom stereocenters. The van der Waals surface area contributed by atoms with Crippen LogP contribution in [0.2, 0.25) is 5.02 Å². The first-order chi connectivity index (χ1) is 15.3. The number of fused-ring (bicyclic) bond motifs is 1. The summed E-state index contributed by atoms with van der Waals surface area (Å²) in [4.78, 5) is 24.0. The van der Waals surface area contributed by atoms with Gasteiger partial charge in [0.25, 0.3) is 10.0 Å². The van der Waals surface area contributed by atoms with Crippen LogP contribution in [0.4, 0.5) is 5.69 Å². The van der Waals surface area contributed by atoms with Gasteiger partial charge in [0.15, 0.2) is 5.78 Å². The third kappa shape index (κ3) is 4.28. The molecule has 1 amide bonds. The second kappa shape index (κ2) is 8.57. The molecule has 9 heteroatoms. The van der Waals surface area contributed by atoms with E-state index >= 15 is 0 Å². The largest absolute Gasteiger partial charge is 0.324 e. The van der Waals surface area contributed by atoms with Crippen LogP contribution < -0.4 is 5.32 Å². The second-order valence-electron chi connectivity index (χ2n) is 7.12. The summed E-state index contributed by atoms with van der Waals surface area (Å²) in [5.74, 6) is -0.665. The van der Waals surface area contributed by atoms with E-state index in [1.807, 2.05) is 18.2 Å². The van der Waals surface area contributed by atoms with Crippen LogP contribution in [0.1, 0.15) is 28.4 Å². The molecule has 0 unspecified atom stereocenters. The predicted octanol–water partition coefficient (Wildman–Crippen LogP) is 3.94. The highest BCUT2D eigenvalue weighted by atomic mass is 35.5. The highest BCUT2D eigenvalue weighted by molar-refractivity contribution is 7.89. The molecule has 162 valence electrons. The van der Waals surface area contributed by atoms with E-state index in [2.05, 4.69) is 10.4 Å². The van der Waals surface area contributed by atoms with Gasteiger partial charge in [-0.05, 0) is 49.4 Å². The van der Waals surface area contributed by atoms with Crippen LogP contribution >= 0.6 is 11.6 Å². The van der Waals surface area contributed by atoms with E-state index in [9.17, 15) is 18.0 Å². The van der Waals surface area contributed by atoms with E-state index in [0.29, 0.717) is 33.1 Å². The first kappa shape index (κ1) is 21.7. The van der Waals surface area contributed by atoms with Crippen LogP contribution in [0, 0.1) is 0 Å². The van der Waals surface area contributed by atoms with Crippen LogP contribution in [0.3, 0.4) is 0 Å². The zero-order chi connectivity index (χ0) is 22.9. The molecule has 7 nitrogen and oxygen atoms in total. The molecular formula is C23H18ClN3O4S. The molecule has 3 aromatic rings. The number of anilines is 1. The minimum atomic E-state index is -4.06. The zero-order valence-corrected chi connectivity index (χ0v) is 18.5. The Morgan fingerprint density at radius 2 is 1.69 bits per heavy atom. The normalized spacial score (nSPS) is 14.3. The fourth-order valence-electron chi connectivity index (χ4n) is 3.29. The van der Waals surface area contributed by atoms with Crippen LogP contribution in [-0.4, -0.2) is 36.8 Å². The second-order valence-corrected chi connectivity index (χ2v) is 9.37. The molecule has 0 radical (unpaired) electrons. The summed E-state index contributed by atoms with van der Waals surface area (Å²) in [5.41, 5.74) is 2.41. The lowest BCUT2D eigenvalue weighted by Crippen LogP contribution is -2.38.